The molecule has 0 saturated carbocycles. The molecule has 5 heteroatoms. The fraction of sp³-hybridized carbons (Fsp3) is 0. The Hall–Kier alpha value is -1.19. The number of amides is 1. The number of fused-ring (bicyclic) bond motifs is 1. The van der Waals surface area contributed by atoms with Crippen LogP contribution in [0.2, 0.25) is 0 Å². The minimum atomic E-state index is -0.424. The van der Waals surface area contributed by atoms with E-state index in [0.717, 1.165) is 11.0 Å². The van der Waals surface area contributed by atoms with Gasteiger partial charge in [0.15, 0.2) is 0 Å². The fourth-order valence-corrected chi connectivity index (χ4v) is 2.02. The molecule has 60 valence electrons. The summed E-state index contributed by atoms with van der Waals surface area (Å²) in [6, 6.07) is 5.12. The van der Waals surface area contributed by atoms with Crippen molar-refractivity contribution in [2.24, 2.45) is 5.73 Å². The van der Waals surface area contributed by atoms with E-state index in [-0.39, 0.29) is 15.0 Å². The van der Waals surface area contributed by atoms with Gasteiger partial charge in [-0.1, -0.05) is 0 Å². The maximum atomic E-state index is 10.8. The average Bonchev–Trinajstić information content (AvgIpc) is 2.49. The number of hydrogen-bond acceptors (Lipinski definition) is 3. The molecular weight excluding hydrogens is 221 g/mol. The van der Waals surface area contributed by atoms with Crippen molar-refractivity contribution in [3.05, 3.63) is 23.8 Å². The number of carbonyl (C=O) groups is 1. The summed E-state index contributed by atoms with van der Waals surface area (Å²) in [5, 5.41) is 0. The molecule has 0 bridgehead atoms. The van der Waals surface area contributed by atoms with Crippen LogP contribution in [0.25, 0.3) is 11.0 Å². The molecule has 0 aliphatic carbocycles. The Labute approximate surface area is 74.6 Å². The first-order chi connectivity index (χ1) is 5.77. The van der Waals surface area contributed by atoms with E-state index in [1.165, 1.54) is 0 Å². The zero-order valence-corrected chi connectivity index (χ0v) is 7.73. The maximum absolute atomic E-state index is 10.8. The molecule has 0 aliphatic rings. The van der Waals surface area contributed by atoms with Gasteiger partial charge in [-0.25, -0.2) is 0 Å². The number of carbonyl (C=O) groups excluding carboxylic acids is 1. The third kappa shape index (κ3) is 1.13. The molecule has 0 saturated heterocycles. The van der Waals surface area contributed by atoms with Crippen LogP contribution in [0.3, 0.4) is 0 Å². The van der Waals surface area contributed by atoms with Gasteiger partial charge in [-0.15, -0.1) is 0 Å². The Bertz CT molecular complexity index is 437. The molecule has 1 aromatic carbocycles. The van der Waals surface area contributed by atoms with Crippen LogP contribution < -0.4 is 5.73 Å². The number of nitrogens with two attached hydrogens (primary N) is 1. The molecule has 0 unspecified atom stereocenters. The predicted octanol–water partition coefficient (Wildman–Crippen LogP) is -0.214. The van der Waals surface area contributed by atoms with E-state index in [2.05, 4.69) is 7.96 Å². The van der Waals surface area contributed by atoms with Gasteiger partial charge in [0.25, 0.3) is 0 Å². The standard InChI is InChI=1S/C7H5N3OSe/c8-7(11)4-1-2-5-6(3-4)10-12-9-5/h1-3H,(H2,8,11). The van der Waals surface area contributed by atoms with Crippen molar-refractivity contribution in [1.29, 1.82) is 0 Å². The van der Waals surface area contributed by atoms with Gasteiger partial charge < -0.3 is 0 Å². The second kappa shape index (κ2) is 2.69. The average molecular weight is 226 g/mol. The van der Waals surface area contributed by atoms with Crippen LogP contribution in [0, 0.1) is 0 Å². The van der Waals surface area contributed by atoms with Crippen molar-refractivity contribution in [2.45, 2.75) is 0 Å². The number of benzene rings is 1. The molecule has 12 heavy (non-hydrogen) atoms. The summed E-state index contributed by atoms with van der Waals surface area (Å²) >= 11 is -0.0431. The van der Waals surface area contributed by atoms with Crippen LogP contribution in [0.1, 0.15) is 10.4 Å². The summed E-state index contributed by atoms with van der Waals surface area (Å²) in [6.45, 7) is 0. The van der Waals surface area contributed by atoms with Gasteiger partial charge in [-0.05, 0) is 0 Å². The van der Waals surface area contributed by atoms with Gasteiger partial charge in [0.2, 0.25) is 0 Å². The third-order valence-corrected chi connectivity index (χ3v) is 2.71. The van der Waals surface area contributed by atoms with E-state index in [1.54, 1.807) is 18.2 Å². The molecule has 2 aromatic rings. The Kier molecular flexibility index (Phi) is 1.67. The number of nitrogens with zero attached hydrogens (tertiary/aromatic N) is 2. The molecule has 0 atom stereocenters. The normalized spacial score (nSPS) is 10.3. The first-order valence-electron chi connectivity index (χ1n) is 3.29. The van der Waals surface area contributed by atoms with Crippen molar-refractivity contribution in [1.82, 2.24) is 7.96 Å². The van der Waals surface area contributed by atoms with E-state index in [0.29, 0.717) is 5.56 Å². The second-order valence-electron chi connectivity index (χ2n) is 2.33. The van der Waals surface area contributed by atoms with E-state index in [1.807, 2.05) is 0 Å². The molecule has 4 nitrogen and oxygen atoms in total. The zero-order chi connectivity index (χ0) is 8.55. The van der Waals surface area contributed by atoms with E-state index in [4.69, 9.17) is 5.73 Å². The Morgan fingerprint density at radius 1 is 1.33 bits per heavy atom. The number of aromatic nitrogens is 2. The topological polar surface area (TPSA) is 68.9 Å². The minimum absolute atomic E-state index is 0.0431. The van der Waals surface area contributed by atoms with Crippen molar-refractivity contribution in [3.63, 3.8) is 0 Å². The third-order valence-electron chi connectivity index (χ3n) is 1.54. The molecular formula is C7H5N3OSe. The van der Waals surface area contributed by atoms with E-state index < -0.39 is 5.91 Å². The zero-order valence-electron chi connectivity index (χ0n) is 6.02. The molecule has 0 radical (unpaired) electrons. The molecule has 1 heterocycles. The van der Waals surface area contributed by atoms with Gasteiger partial charge in [0, 0.05) is 0 Å². The summed E-state index contributed by atoms with van der Waals surface area (Å²) in [7, 11) is 0. The van der Waals surface area contributed by atoms with Crippen LogP contribution >= 0.6 is 0 Å². The first-order valence-corrected chi connectivity index (χ1v) is 4.83. The summed E-state index contributed by atoms with van der Waals surface area (Å²) < 4.78 is 8.27. The molecule has 0 fully saturated rings. The Morgan fingerprint density at radius 2 is 2.08 bits per heavy atom. The Balaban J connectivity index is 2.68. The van der Waals surface area contributed by atoms with Crippen molar-refractivity contribution >= 4 is 31.9 Å². The fourth-order valence-electron chi connectivity index (χ4n) is 0.935. The number of rotatable bonds is 1. The molecule has 0 aliphatic heterocycles. The summed E-state index contributed by atoms with van der Waals surface area (Å²) in [5.41, 5.74) is 7.24. The molecule has 0 spiro atoms. The van der Waals surface area contributed by atoms with E-state index >= 15 is 0 Å². The molecule has 2 rings (SSSR count). The van der Waals surface area contributed by atoms with Crippen LogP contribution in [-0.2, 0) is 0 Å². The van der Waals surface area contributed by atoms with Gasteiger partial charge in [-0.2, -0.15) is 0 Å². The SMILES string of the molecule is NC(=O)c1ccc2n[se]nc2c1. The van der Waals surface area contributed by atoms with Gasteiger partial charge >= 0.3 is 74.2 Å². The van der Waals surface area contributed by atoms with Crippen molar-refractivity contribution in [3.8, 4) is 0 Å². The quantitative estimate of drug-likeness (QED) is 0.684. The summed E-state index contributed by atoms with van der Waals surface area (Å²) in [6.07, 6.45) is 0. The number of primary amides is 1. The van der Waals surface area contributed by atoms with Gasteiger partial charge in [0.1, 0.15) is 0 Å². The van der Waals surface area contributed by atoms with Crippen molar-refractivity contribution < 1.29 is 4.79 Å². The molecule has 1 amide bonds. The van der Waals surface area contributed by atoms with Crippen LogP contribution in [0.4, 0.5) is 0 Å². The predicted molar refractivity (Wildman–Crippen MR) is 45.0 cm³/mol. The van der Waals surface area contributed by atoms with Gasteiger partial charge in [-0.3, -0.25) is 0 Å². The second-order valence-corrected chi connectivity index (χ2v) is 3.44. The number of hydrogen-bond donors (Lipinski definition) is 1. The molecule has 1 aromatic heterocycles. The van der Waals surface area contributed by atoms with Crippen LogP contribution in [0.5, 0.6) is 0 Å². The first kappa shape index (κ1) is 7.46. The monoisotopic (exact) mass is 227 g/mol. The van der Waals surface area contributed by atoms with Crippen LogP contribution in [0.15, 0.2) is 18.2 Å². The van der Waals surface area contributed by atoms with Gasteiger partial charge in [0.05, 0.1) is 0 Å². The van der Waals surface area contributed by atoms with E-state index in [9.17, 15) is 4.79 Å². The summed E-state index contributed by atoms with van der Waals surface area (Å²) in [4.78, 5) is 10.8. The Morgan fingerprint density at radius 3 is 2.83 bits per heavy atom. The van der Waals surface area contributed by atoms with Crippen LogP contribution in [-0.4, -0.2) is 28.8 Å². The van der Waals surface area contributed by atoms with Crippen molar-refractivity contribution in [2.75, 3.05) is 0 Å². The molecule has 2 N–H and O–H groups in total. The summed E-state index contributed by atoms with van der Waals surface area (Å²) in [5.74, 6) is -0.424.